The quantitative estimate of drug-likeness (QED) is 0.677. The van der Waals surface area contributed by atoms with Crippen LogP contribution >= 0.6 is 0 Å². The second kappa shape index (κ2) is 8.20. The third-order valence-corrected chi connectivity index (χ3v) is 5.75. The number of nitrogens with one attached hydrogen (secondary N) is 1. The van der Waals surface area contributed by atoms with Gasteiger partial charge in [-0.3, -0.25) is 4.79 Å². The minimum absolute atomic E-state index is 0.0362. The molecule has 1 amide bonds. The van der Waals surface area contributed by atoms with E-state index >= 15 is 0 Å². The number of rotatable bonds is 7. The molecule has 0 saturated heterocycles. The Balaban J connectivity index is 1.81. The molecule has 3 rings (SSSR count). The number of benzene rings is 2. The molecule has 0 bridgehead atoms. The normalized spacial score (nSPS) is 11.5. The van der Waals surface area contributed by atoms with Crippen LogP contribution in [0.4, 0.5) is 5.69 Å². The summed E-state index contributed by atoms with van der Waals surface area (Å²) in [5, 5.41) is 2.73. The predicted octanol–water partition coefficient (Wildman–Crippen LogP) is 3.42. The molecule has 1 N–H and O–H groups in total. The van der Waals surface area contributed by atoms with Gasteiger partial charge in [0.2, 0.25) is 15.9 Å². The Morgan fingerprint density at radius 2 is 1.70 bits per heavy atom. The van der Waals surface area contributed by atoms with Crippen molar-refractivity contribution < 1.29 is 17.6 Å². The summed E-state index contributed by atoms with van der Waals surface area (Å²) in [6.45, 7) is 1.58. The highest BCUT2D eigenvalue weighted by Crippen LogP contribution is 2.19. The van der Waals surface area contributed by atoms with E-state index in [-0.39, 0.29) is 18.0 Å². The lowest BCUT2D eigenvalue weighted by atomic mass is 10.2. The Morgan fingerprint density at radius 3 is 2.33 bits per heavy atom. The lowest BCUT2D eigenvalue weighted by molar-refractivity contribution is -0.116. The van der Waals surface area contributed by atoms with Crippen molar-refractivity contribution in [3.05, 3.63) is 84.3 Å². The predicted molar refractivity (Wildman–Crippen MR) is 103 cm³/mol. The summed E-state index contributed by atoms with van der Waals surface area (Å²) in [5.41, 5.74) is 1.68. The molecule has 27 heavy (non-hydrogen) atoms. The smallest absolute Gasteiger partial charge is 0.243 e. The van der Waals surface area contributed by atoms with Gasteiger partial charge in [-0.25, -0.2) is 8.42 Å². The summed E-state index contributed by atoms with van der Waals surface area (Å²) in [4.78, 5) is 12.6. The van der Waals surface area contributed by atoms with E-state index in [0.29, 0.717) is 11.4 Å². The van der Waals surface area contributed by atoms with Gasteiger partial charge in [-0.05, 0) is 43.3 Å². The van der Waals surface area contributed by atoms with E-state index in [4.69, 9.17) is 4.42 Å². The Labute approximate surface area is 158 Å². The van der Waals surface area contributed by atoms with Crippen molar-refractivity contribution in [2.24, 2.45) is 0 Å². The van der Waals surface area contributed by atoms with Gasteiger partial charge in [0, 0.05) is 5.69 Å². The molecule has 6 nitrogen and oxygen atoms in total. The molecule has 3 aromatic rings. The third kappa shape index (κ3) is 4.84. The van der Waals surface area contributed by atoms with Crippen LogP contribution in [0, 0.1) is 6.92 Å². The average molecular weight is 384 g/mol. The van der Waals surface area contributed by atoms with Gasteiger partial charge in [-0.15, -0.1) is 0 Å². The zero-order valence-electron chi connectivity index (χ0n) is 14.8. The van der Waals surface area contributed by atoms with Crippen LogP contribution in [-0.2, 0) is 21.4 Å². The Hall–Kier alpha value is -2.90. The van der Waals surface area contributed by atoms with E-state index < -0.39 is 15.9 Å². The van der Waals surface area contributed by atoms with Crippen LogP contribution in [0.15, 0.2) is 82.3 Å². The number of aryl methyl sites for hydroxylation is 1. The zero-order chi connectivity index (χ0) is 19.3. The van der Waals surface area contributed by atoms with Crippen LogP contribution < -0.4 is 5.32 Å². The number of sulfonamides is 1. The lowest BCUT2D eigenvalue weighted by Crippen LogP contribution is -2.37. The molecule has 0 radical (unpaired) electrons. The van der Waals surface area contributed by atoms with Crippen molar-refractivity contribution in [2.45, 2.75) is 18.4 Å². The van der Waals surface area contributed by atoms with E-state index in [0.717, 1.165) is 9.87 Å². The summed E-state index contributed by atoms with van der Waals surface area (Å²) >= 11 is 0. The molecular weight excluding hydrogens is 364 g/mol. The second-order valence-electron chi connectivity index (χ2n) is 6.08. The molecule has 1 aromatic heterocycles. The van der Waals surface area contributed by atoms with Crippen LogP contribution in [0.5, 0.6) is 0 Å². The maximum Gasteiger partial charge on any atom is 0.243 e. The number of amides is 1. The van der Waals surface area contributed by atoms with Crippen molar-refractivity contribution >= 4 is 21.6 Å². The molecule has 0 atom stereocenters. The minimum atomic E-state index is -3.86. The molecular formula is C20H20N2O4S. The molecule has 140 valence electrons. The minimum Gasteiger partial charge on any atom is -0.468 e. The number of hydrogen-bond acceptors (Lipinski definition) is 4. The molecule has 0 aliphatic rings. The lowest BCUT2D eigenvalue weighted by Gasteiger charge is -2.21. The van der Waals surface area contributed by atoms with Gasteiger partial charge in [0.15, 0.2) is 0 Å². The van der Waals surface area contributed by atoms with E-state index in [9.17, 15) is 13.2 Å². The fourth-order valence-corrected chi connectivity index (χ4v) is 3.92. The Morgan fingerprint density at radius 1 is 1.00 bits per heavy atom. The van der Waals surface area contributed by atoms with Gasteiger partial charge < -0.3 is 9.73 Å². The molecule has 0 saturated carbocycles. The van der Waals surface area contributed by atoms with Crippen LogP contribution in [0.3, 0.4) is 0 Å². The van der Waals surface area contributed by atoms with E-state index in [1.807, 2.05) is 19.1 Å². The SMILES string of the molecule is Cc1ccc(NC(=O)CN(Cc2ccco2)S(=O)(=O)c2ccccc2)cc1. The summed E-state index contributed by atoms with van der Waals surface area (Å²) < 4.78 is 32.4. The fraction of sp³-hybridized carbons (Fsp3) is 0.150. The Kier molecular flexibility index (Phi) is 5.73. The highest BCUT2D eigenvalue weighted by molar-refractivity contribution is 7.89. The van der Waals surface area contributed by atoms with Crippen molar-refractivity contribution in [1.82, 2.24) is 4.31 Å². The third-order valence-electron chi connectivity index (χ3n) is 3.95. The van der Waals surface area contributed by atoms with Crippen molar-refractivity contribution in [1.29, 1.82) is 0 Å². The average Bonchev–Trinajstić information content (AvgIpc) is 3.17. The summed E-state index contributed by atoms with van der Waals surface area (Å²) in [5.74, 6) is 0.0301. The zero-order valence-corrected chi connectivity index (χ0v) is 15.6. The van der Waals surface area contributed by atoms with E-state index in [2.05, 4.69) is 5.32 Å². The number of carbonyl (C=O) groups is 1. The summed E-state index contributed by atoms with van der Waals surface area (Å²) in [7, 11) is -3.86. The van der Waals surface area contributed by atoms with Crippen LogP contribution in [0.25, 0.3) is 0 Å². The topological polar surface area (TPSA) is 79.6 Å². The molecule has 0 fully saturated rings. The standard InChI is InChI=1S/C20H20N2O4S/c1-16-9-11-17(12-10-16)21-20(23)15-22(14-18-6-5-13-26-18)27(24,25)19-7-3-2-4-8-19/h2-13H,14-15H2,1H3,(H,21,23). The molecule has 7 heteroatoms. The first-order valence-corrected chi connectivity index (χ1v) is 9.83. The van der Waals surface area contributed by atoms with Gasteiger partial charge in [-0.1, -0.05) is 35.9 Å². The maximum absolute atomic E-state index is 13.0. The Bertz CT molecular complexity index is 982. The molecule has 0 spiro atoms. The highest BCUT2D eigenvalue weighted by atomic mass is 32.2. The number of anilines is 1. The molecule has 1 heterocycles. The first-order chi connectivity index (χ1) is 12.9. The van der Waals surface area contributed by atoms with Crippen molar-refractivity contribution in [2.75, 3.05) is 11.9 Å². The monoisotopic (exact) mass is 384 g/mol. The molecule has 0 unspecified atom stereocenters. The van der Waals surface area contributed by atoms with Crippen molar-refractivity contribution in [3.63, 3.8) is 0 Å². The van der Waals surface area contributed by atoms with Gasteiger partial charge in [0.05, 0.1) is 24.2 Å². The van der Waals surface area contributed by atoms with Gasteiger partial charge in [0.25, 0.3) is 0 Å². The number of nitrogens with zero attached hydrogens (tertiary/aromatic N) is 1. The molecule has 0 aliphatic carbocycles. The van der Waals surface area contributed by atoms with Crippen LogP contribution in [-0.4, -0.2) is 25.2 Å². The second-order valence-corrected chi connectivity index (χ2v) is 8.02. The van der Waals surface area contributed by atoms with Crippen LogP contribution in [0.2, 0.25) is 0 Å². The van der Waals surface area contributed by atoms with E-state index in [1.54, 1.807) is 42.5 Å². The number of furan rings is 1. The van der Waals surface area contributed by atoms with Gasteiger partial charge in [-0.2, -0.15) is 4.31 Å². The fourth-order valence-electron chi connectivity index (χ4n) is 2.54. The first kappa shape index (κ1) is 18.9. The largest absolute Gasteiger partial charge is 0.468 e. The van der Waals surface area contributed by atoms with E-state index in [1.165, 1.54) is 18.4 Å². The number of hydrogen-bond donors (Lipinski definition) is 1. The van der Waals surface area contributed by atoms with Gasteiger partial charge >= 0.3 is 0 Å². The number of carbonyl (C=O) groups excluding carboxylic acids is 1. The first-order valence-electron chi connectivity index (χ1n) is 8.39. The molecule has 0 aliphatic heterocycles. The van der Waals surface area contributed by atoms with Crippen molar-refractivity contribution in [3.8, 4) is 0 Å². The summed E-state index contributed by atoms with van der Waals surface area (Å²) in [6.07, 6.45) is 1.47. The van der Waals surface area contributed by atoms with Gasteiger partial charge in [0.1, 0.15) is 5.76 Å². The molecule has 2 aromatic carbocycles. The maximum atomic E-state index is 13.0. The summed E-state index contributed by atoms with van der Waals surface area (Å²) in [6, 6.07) is 18.7. The highest BCUT2D eigenvalue weighted by Gasteiger charge is 2.27. The van der Waals surface area contributed by atoms with Crippen LogP contribution in [0.1, 0.15) is 11.3 Å².